The van der Waals surface area contributed by atoms with Gasteiger partial charge in [-0.1, -0.05) is 5.16 Å². The van der Waals surface area contributed by atoms with Crippen molar-refractivity contribution >= 4 is 0 Å². The SMILES string of the molecule is Fc1ccc(OCCc2noc([C@H]3CCCN3)n2)cc1. The molecule has 1 aliphatic rings. The summed E-state index contributed by atoms with van der Waals surface area (Å²) >= 11 is 0. The lowest BCUT2D eigenvalue weighted by molar-refractivity contribution is 0.310. The van der Waals surface area contributed by atoms with Gasteiger partial charge in [0.1, 0.15) is 11.6 Å². The van der Waals surface area contributed by atoms with Gasteiger partial charge in [0.2, 0.25) is 5.89 Å². The molecule has 1 atom stereocenters. The fraction of sp³-hybridized carbons (Fsp3) is 0.429. The number of hydrogen-bond donors (Lipinski definition) is 1. The van der Waals surface area contributed by atoms with Crippen molar-refractivity contribution in [1.82, 2.24) is 15.5 Å². The molecule has 1 aromatic carbocycles. The average Bonchev–Trinajstić information content (AvgIpc) is 3.11. The Bertz CT molecular complexity index is 550. The van der Waals surface area contributed by atoms with E-state index in [9.17, 15) is 4.39 Å². The van der Waals surface area contributed by atoms with Crippen molar-refractivity contribution in [2.45, 2.75) is 25.3 Å². The van der Waals surface area contributed by atoms with E-state index in [1.54, 1.807) is 12.1 Å². The molecule has 20 heavy (non-hydrogen) atoms. The van der Waals surface area contributed by atoms with Crippen LogP contribution >= 0.6 is 0 Å². The molecule has 3 rings (SSSR count). The number of benzene rings is 1. The molecule has 0 unspecified atom stereocenters. The van der Waals surface area contributed by atoms with Crippen molar-refractivity contribution in [3.05, 3.63) is 41.8 Å². The van der Waals surface area contributed by atoms with Gasteiger partial charge in [-0.05, 0) is 43.7 Å². The van der Waals surface area contributed by atoms with E-state index < -0.39 is 0 Å². The molecule has 5 nitrogen and oxygen atoms in total. The molecule has 0 aliphatic carbocycles. The van der Waals surface area contributed by atoms with Gasteiger partial charge >= 0.3 is 0 Å². The summed E-state index contributed by atoms with van der Waals surface area (Å²) in [7, 11) is 0. The molecule has 0 saturated carbocycles. The van der Waals surface area contributed by atoms with Crippen molar-refractivity contribution in [2.24, 2.45) is 0 Å². The molecule has 1 fully saturated rings. The quantitative estimate of drug-likeness (QED) is 0.908. The average molecular weight is 277 g/mol. The monoisotopic (exact) mass is 277 g/mol. The smallest absolute Gasteiger partial charge is 0.243 e. The molecule has 6 heteroatoms. The van der Waals surface area contributed by atoms with Crippen LogP contribution in [0.2, 0.25) is 0 Å². The van der Waals surface area contributed by atoms with Crippen molar-refractivity contribution in [3.63, 3.8) is 0 Å². The fourth-order valence-electron chi connectivity index (χ4n) is 2.20. The number of nitrogens with zero attached hydrogens (tertiary/aromatic N) is 2. The molecule has 2 heterocycles. The van der Waals surface area contributed by atoms with Gasteiger partial charge in [-0.2, -0.15) is 4.98 Å². The number of ether oxygens (including phenoxy) is 1. The Morgan fingerprint density at radius 2 is 2.20 bits per heavy atom. The van der Waals surface area contributed by atoms with Crippen LogP contribution in [0.25, 0.3) is 0 Å². The van der Waals surface area contributed by atoms with Crippen LogP contribution in [0.4, 0.5) is 4.39 Å². The van der Waals surface area contributed by atoms with Gasteiger partial charge in [-0.15, -0.1) is 0 Å². The summed E-state index contributed by atoms with van der Waals surface area (Å²) < 4.78 is 23.5. The zero-order chi connectivity index (χ0) is 13.8. The van der Waals surface area contributed by atoms with E-state index in [-0.39, 0.29) is 11.9 Å². The highest BCUT2D eigenvalue weighted by molar-refractivity contribution is 5.22. The minimum Gasteiger partial charge on any atom is -0.493 e. The van der Waals surface area contributed by atoms with E-state index in [0.717, 1.165) is 19.4 Å². The lowest BCUT2D eigenvalue weighted by atomic mass is 10.2. The van der Waals surface area contributed by atoms with Gasteiger partial charge in [0, 0.05) is 6.42 Å². The lowest BCUT2D eigenvalue weighted by Gasteiger charge is -2.03. The Balaban J connectivity index is 1.49. The Hall–Kier alpha value is -1.95. The van der Waals surface area contributed by atoms with E-state index in [2.05, 4.69) is 15.5 Å². The molecule has 1 aromatic heterocycles. The standard InChI is InChI=1S/C14H16FN3O2/c15-10-3-5-11(6-4-10)19-9-7-13-17-14(20-18-13)12-2-1-8-16-12/h3-6,12,16H,1-2,7-9H2/t12-/m1/s1. The second-order valence-corrected chi connectivity index (χ2v) is 4.75. The first-order chi connectivity index (χ1) is 9.81. The van der Waals surface area contributed by atoms with Crippen LogP contribution in [-0.4, -0.2) is 23.3 Å². The van der Waals surface area contributed by atoms with E-state index in [1.165, 1.54) is 12.1 Å². The summed E-state index contributed by atoms with van der Waals surface area (Å²) in [5.41, 5.74) is 0. The molecule has 106 valence electrons. The number of halogens is 1. The highest BCUT2D eigenvalue weighted by Gasteiger charge is 2.22. The Morgan fingerprint density at radius 3 is 2.95 bits per heavy atom. The Kier molecular flexibility index (Phi) is 3.92. The Morgan fingerprint density at radius 1 is 1.35 bits per heavy atom. The van der Waals surface area contributed by atoms with Crippen LogP contribution in [0.5, 0.6) is 5.75 Å². The van der Waals surface area contributed by atoms with Gasteiger partial charge in [0.05, 0.1) is 12.6 Å². The largest absolute Gasteiger partial charge is 0.493 e. The van der Waals surface area contributed by atoms with Crippen LogP contribution in [0.3, 0.4) is 0 Å². The summed E-state index contributed by atoms with van der Waals surface area (Å²) in [6, 6.07) is 6.12. The van der Waals surface area contributed by atoms with Crippen molar-refractivity contribution < 1.29 is 13.7 Å². The molecule has 2 aromatic rings. The zero-order valence-electron chi connectivity index (χ0n) is 11.0. The predicted octanol–water partition coefficient (Wildman–Crippen LogP) is 2.25. The first-order valence-electron chi connectivity index (χ1n) is 6.75. The van der Waals surface area contributed by atoms with Crippen molar-refractivity contribution in [3.8, 4) is 5.75 Å². The molecule has 0 amide bonds. The van der Waals surface area contributed by atoms with E-state index in [4.69, 9.17) is 9.26 Å². The molecule has 1 aliphatic heterocycles. The van der Waals surface area contributed by atoms with Crippen molar-refractivity contribution in [1.29, 1.82) is 0 Å². The van der Waals surface area contributed by atoms with Gasteiger partial charge in [0.25, 0.3) is 0 Å². The molecule has 1 N–H and O–H groups in total. The summed E-state index contributed by atoms with van der Waals surface area (Å²) in [6.07, 6.45) is 2.73. The third kappa shape index (κ3) is 3.14. The molecule has 0 radical (unpaired) electrons. The first kappa shape index (κ1) is 13.1. The van der Waals surface area contributed by atoms with Crippen LogP contribution in [0.15, 0.2) is 28.8 Å². The van der Waals surface area contributed by atoms with E-state index >= 15 is 0 Å². The van der Waals surface area contributed by atoms with Gasteiger partial charge in [-0.25, -0.2) is 4.39 Å². The summed E-state index contributed by atoms with van der Waals surface area (Å²) in [5, 5.41) is 7.25. The summed E-state index contributed by atoms with van der Waals surface area (Å²) in [4.78, 5) is 4.36. The Labute approximate surface area is 116 Å². The minimum absolute atomic E-state index is 0.189. The maximum absolute atomic E-state index is 12.7. The third-order valence-electron chi connectivity index (χ3n) is 3.25. The normalized spacial score (nSPS) is 18.4. The van der Waals surface area contributed by atoms with Crippen LogP contribution in [0, 0.1) is 5.82 Å². The maximum atomic E-state index is 12.7. The van der Waals surface area contributed by atoms with Crippen LogP contribution in [-0.2, 0) is 6.42 Å². The highest BCUT2D eigenvalue weighted by Crippen LogP contribution is 2.21. The predicted molar refractivity (Wildman–Crippen MR) is 69.9 cm³/mol. The van der Waals surface area contributed by atoms with Crippen LogP contribution < -0.4 is 10.1 Å². The molecule has 0 bridgehead atoms. The van der Waals surface area contributed by atoms with E-state index in [0.29, 0.717) is 30.5 Å². The lowest BCUT2D eigenvalue weighted by Crippen LogP contribution is -2.13. The van der Waals surface area contributed by atoms with Crippen LogP contribution in [0.1, 0.15) is 30.6 Å². The second-order valence-electron chi connectivity index (χ2n) is 4.75. The number of rotatable bonds is 5. The minimum atomic E-state index is -0.274. The van der Waals surface area contributed by atoms with Gasteiger partial charge in [-0.3, -0.25) is 0 Å². The molecular weight excluding hydrogens is 261 g/mol. The topological polar surface area (TPSA) is 60.2 Å². The third-order valence-corrected chi connectivity index (χ3v) is 3.25. The van der Waals surface area contributed by atoms with Gasteiger partial charge in [0.15, 0.2) is 5.82 Å². The van der Waals surface area contributed by atoms with Crippen molar-refractivity contribution in [2.75, 3.05) is 13.2 Å². The first-order valence-corrected chi connectivity index (χ1v) is 6.75. The fourth-order valence-corrected chi connectivity index (χ4v) is 2.20. The molecule has 0 spiro atoms. The second kappa shape index (κ2) is 6.00. The molecular formula is C14H16FN3O2. The van der Waals surface area contributed by atoms with Gasteiger partial charge < -0.3 is 14.6 Å². The highest BCUT2D eigenvalue weighted by atomic mass is 19.1. The maximum Gasteiger partial charge on any atom is 0.243 e. The number of nitrogens with one attached hydrogen (secondary N) is 1. The molecule has 1 saturated heterocycles. The summed E-state index contributed by atoms with van der Waals surface area (Å²) in [6.45, 7) is 1.43. The number of aromatic nitrogens is 2. The van der Waals surface area contributed by atoms with E-state index in [1.807, 2.05) is 0 Å². The zero-order valence-corrected chi connectivity index (χ0v) is 11.0. The summed E-state index contributed by atoms with van der Waals surface area (Å²) in [5.74, 6) is 1.65. The number of hydrogen-bond acceptors (Lipinski definition) is 5.